The molecule has 0 aliphatic carbocycles. The Hall–Kier alpha value is -1.31. The van der Waals surface area contributed by atoms with E-state index in [1.165, 1.54) is 6.08 Å². The van der Waals surface area contributed by atoms with Crippen LogP contribution in [-0.2, 0) is 4.79 Å². The van der Waals surface area contributed by atoms with E-state index < -0.39 is 0 Å². The maximum atomic E-state index is 9.95. The van der Waals surface area contributed by atoms with Gasteiger partial charge < -0.3 is 4.90 Å². The Morgan fingerprint density at radius 1 is 1.18 bits per heavy atom. The molecule has 0 bridgehead atoms. The molecule has 0 fully saturated rings. The van der Waals surface area contributed by atoms with Crippen LogP contribution in [0.15, 0.2) is 37.6 Å². The first-order chi connectivity index (χ1) is 5.35. The van der Waals surface area contributed by atoms with E-state index in [0.717, 1.165) is 19.4 Å². The fraction of sp³-hybridized carbons (Fsp3) is 0.222. The molecule has 0 aromatic heterocycles. The lowest BCUT2D eigenvalue weighted by Gasteiger charge is -2.14. The van der Waals surface area contributed by atoms with Gasteiger partial charge in [0.25, 0.3) is 0 Å². The molecule has 0 amide bonds. The second-order valence-electron chi connectivity index (χ2n) is 2.01. The number of hydrogen-bond donors (Lipinski definition) is 0. The largest absolute Gasteiger partial charge is 0.370 e. The molecule has 2 nitrogen and oxygen atoms in total. The summed E-state index contributed by atoms with van der Waals surface area (Å²) in [5.41, 5.74) is 0. The summed E-state index contributed by atoms with van der Waals surface area (Å²) in [6, 6.07) is 0. The summed E-state index contributed by atoms with van der Waals surface area (Å²) in [5, 5.41) is 0. The molecule has 0 atom stereocenters. The van der Waals surface area contributed by atoms with Gasteiger partial charge in [-0.1, -0.05) is 12.2 Å². The Morgan fingerprint density at radius 2 is 1.73 bits per heavy atom. The average Bonchev–Trinajstić information content (AvgIpc) is 2.01. The average molecular weight is 151 g/mol. The standard InChI is InChI=1S/C9H13NO/c1-3-6-10(7-4-2)8-5-9-11/h3-5,8-9H,1-2,6-7H2. The normalized spacial score (nSPS) is 9.45. The molecule has 0 aliphatic rings. The van der Waals surface area contributed by atoms with Gasteiger partial charge in [0.1, 0.15) is 6.29 Å². The molecule has 0 saturated carbocycles. The summed E-state index contributed by atoms with van der Waals surface area (Å²) >= 11 is 0. The highest BCUT2D eigenvalue weighted by Gasteiger charge is 1.89. The van der Waals surface area contributed by atoms with Gasteiger partial charge in [-0.25, -0.2) is 0 Å². The Kier molecular flexibility index (Phi) is 5.99. The van der Waals surface area contributed by atoms with Gasteiger partial charge in [-0.2, -0.15) is 0 Å². The molecule has 11 heavy (non-hydrogen) atoms. The molecular formula is C9H13NO. The lowest BCUT2D eigenvalue weighted by molar-refractivity contribution is -0.104. The molecule has 0 N–H and O–H groups in total. The smallest absolute Gasteiger partial charge is 0.144 e. The van der Waals surface area contributed by atoms with Crippen molar-refractivity contribution in [3.63, 3.8) is 0 Å². The van der Waals surface area contributed by atoms with Gasteiger partial charge in [0.15, 0.2) is 0 Å². The molecule has 60 valence electrons. The zero-order chi connectivity index (χ0) is 8.53. The first-order valence-electron chi connectivity index (χ1n) is 3.43. The third-order valence-electron chi connectivity index (χ3n) is 1.10. The molecule has 0 aromatic rings. The van der Waals surface area contributed by atoms with E-state index in [0.29, 0.717) is 0 Å². The van der Waals surface area contributed by atoms with E-state index >= 15 is 0 Å². The summed E-state index contributed by atoms with van der Waals surface area (Å²) in [4.78, 5) is 11.9. The van der Waals surface area contributed by atoms with Gasteiger partial charge in [0.2, 0.25) is 0 Å². The third kappa shape index (κ3) is 5.15. The molecular weight excluding hydrogens is 138 g/mol. The highest BCUT2D eigenvalue weighted by atomic mass is 16.1. The number of carbonyl (C=O) groups is 1. The second-order valence-corrected chi connectivity index (χ2v) is 2.01. The first-order valence-corrected chi connectivity index (χ1v) is 3.43. The summed E-state index contributed by atoms with van der Waals surface area (Å²) in [6.45, 7) is 8.65. The maximum absolute atomic E-state index is 9.95. The van der Waals surface area contributed by atoms with Gasteiger partial charge >= 0.3 is 0 Å². The van der Waals surface area contributed by atoms with Gasteiger partial charge in [-0.05, 0) is 6.08 Å². The van der Waals surface area contributed by atoms with Crippen molar-refractivity contribution in [1.29, 1.82) is 0 Å². The van der Waals surface area contributed by atoms with Crippen molar-refractivity contribution in [3.05, 3.63) is 37.6 Å². The van der Waals surface area contributed by atoms with Gasteiger partial charge in [0.05, 0.1) is 0 Å². The van der Waals surface area contributed by atoms with Gasteiger partial charge in [0, 0.05) is 19.3 Å². The van der Waals surface area contributed by atoms with Crippen LogP contribution >= 0.6 is 0 Å². The lowest BCUT2D eigenvalue weighted by Crippen LogP contribution is -2.16. The molecule has 0 radical (unpaired) electrons. The number of aldehydes is 1. The van der Waals surface area contributed by atoms with E-state index in [1.54, 1.807) is 18.4 Å². The van der Waals surface area contributed by atoms with Crippen molar-refractivity contribution in [2.75, 3.05) is 13.1 Å². The van der Waals surface area contributed by atoms with Crippen LogP contribution in [0.1, 0.15) is 0 Å². The fourth-order valence-corrected chi connectivity index (χ4v) is 0.685. The summed E-state index contributed by atoms with van der Waals surface area (Å²) < 4.78 is 0. The molecule has 0 heterocycles. The SMILES string of the molecule is C=CCN(C=CC=O)CC=C. The Bertz CT molecular complexity index is 151. The summed E-state index contributed by atoms with van der Waals surface area (Å²) in [6.07, 6.45) is 7.47. The minimum absolute atomic E-state index is 0.732. The Morgan fingerprint density at radius 3 is 2.09 bits per heavy atom. The number of hydrogen-bond acceptors (Lipinski definition) is 2. The predicted octanol–water partition coefficient (Wildman–Crippen LogP) is 1.37. The minimum Gasteiger partial charge on any atom is -0.370 e. The van der Waals surface area contributed by atoms with E-state index in [-0.39, 0.29) is 0 Å². The van der Waals surface area contributed by atoms with Crippen molar-refractivity contribution >= 4 is 6.29 Å². The van der Waals surface area contributed by atoms with Gasteiger partial charge in [-0.3, -0.25) is 4.79 Å². The highest BCUT2D eigenvalue weighted by Crippen LogP contribution is 1.89. The Balaban J connectivity index is 3.85. The van der Waals surface area contributed by atoms with Gasteiger partial charge in [-0.15, -0.1) is 13.2 Å². The van der Waals surface area contributed by atoms with E-state index in [2.05, 4.69) is 13.2 Å². The van der Waals surface area contributed by atoms with Crippen molar-refractivity contribution in [3.8, 4) is 0 Å². The summed E-state index contributed by atoms with van der Waals surface area (Å²) in [5.74, 6) is 0. The van der Waals surface area contributed by atoms with Crippen LogP contribution in [0.4, 0.5) is 0 Å². The van der Waals surface area contributed by atoms with Crippen molar-refractivity contribution in [1.82, 2.24) is 4.90 Å². The van der Waals surface area contributed by atoms with E-state index in [1.807, 2.05) is 4.90 Å². The van der Waals surface area contributed by atoms with E-state index in [4.69, 9.17) is 0 Å². The van der Waals surface area contributed by atoms with Crippen LogP contribution in [0.25, 0.3) is 0 Å². The fourth-order valence-electron chi connectivity index (χ4n) is 0.685. The van der Waals surface area contributed by atoms with Crippen LogP contribution in [0.3, 0.4) is 0 Å². The minimum atomic E-state index is 0.732. The number of allylic oxidation sites excluding steroid dienone is 1. The zero-order valence-corrected chi connectivity index (χ0v) is 6.57. The number of nitrogens with zero attached hydrogens (tertiary/aromatic N) is 1. The van der Waals surface area contributed by atoms with Crippen molar-refractivity contribution in [2.24, 2.45) is 0 Å². The third-order valence-corrected chi connectivity index (χ3v) is 1.10. The number of rotatable bonds is 6. The van der Waals surface area contributed by atoms with E-state index in [9.17, 15) is 4.79 Å². The summed E-state index contributed by atoms with van der Waals surface area (Å²) in [7, 11) is 0. The molecule has 2 heteroatoms. The monoisotopic (exact) mass is 151 g/mol. The second kappa shape index (κ2) is 6.81. The Labute approximate surface area is 67.5 Å². The topological polar surface area (TPSA) is 20.3 Å². The number of carbonyl (C=O) groups excluding carboxylic acids is 1. The lowest BCUT2D eigenvalue weighted by atomic mass is 10.4. The van der Waals surface area contributed by atoms with Crippen LogP contribution in [0, 0.1) is 0 Å². The molecule has 0 unspecified atom stereocenters. The van der Waals surface area contributed by atoms with Crippen molar-refractivity contribution in [2.45, 2.75) is 0 Å². The van der Waals surface area contributed by atoms with Crippen LogP contribution in [-0.4, -0.2) is 24.3 Å². The molecule has 0 aromatic carbocycles. The molecule has 0 spiro atoms. The molecule has 0 saturated heterocycles. The predicted molar refractivity (Wildman–Crippen MR) is 47.2 cm³/mol. The zero-order valence-electron chi connectivity index (χ0n) is 6.57. The first kappa shape index (κ1) is 9.69. The molecule has 0 rings (SSSR count). The van der Waals surface area contributed by atoms with Crippen LogP contribution < -0.4 is 0 Å². The molecule has 0 aliphatic heterocycles. The van der Waals surface area contributed by atoms with Crippen LogP contribution in [0.5, 0.6) is 0 Å². The quantitative estimate of drug-likeness (QED) is 0.324. The van der Waals surface area contributed by atoms with Crippen LogP contribution in [0.2, 0.25) is 0 Å². The maximum Gasteiger partial charge on any atom is 0.144 e. The van der Waals surface area contributed by atoms with Crippen molar-refractivity contribution < 1.29 is 4.79 Å². The highest BCUT2D eigenvalue weighted by molar-refractivity contribution is 5.64.